The van der Waals surface area contributed by atoms with Gasteiger partial charge in [-0.2, -0.15) is 0 Å². The van der Waals surface area contributed by atoms with Crippen LogP contribution in [0, 0.1) is 0 Å². The van der Waals surface area contributed by atoms with E-state index in [1.165, 1.54) is 24.4 Å². The SMILES string of the molecule is COC(=O)[C@H](Cc1c[nH]c2ccccc12)NC(=O)CSCc1ccccc1. The largest absolute Gasteiger partial charge is 0.467 e. The molecule has 1 heterocycles. The van der Waals surface area contributed by atoms with Gasteiger partial charge in [0.25, 0.3) is 0 Å². The van der Waals surface area contributed by atoms with Crippen molar-refractivity contribution in [2.45, 2.75) is 18.2 Å². The Hall–Kier alpha value is -2.73. The first kappa shape index (κ1) is 19.0. The number of aromatic amines is 1. The Labute approximate surface area is 162 Å². The van der Waals surface area contributed by atoms with E-state index in [9.17, 15) is 9.59 Å². The van der Waals surface area contributed by atoms with Gasteiger partial charge in [0.05, 0.1) is 12.9 Å². The van der Waals surface area contributed by atoms with Crippen molar-refractivity contribution in [3.05, 3.63) is 71.9 Å². The lowest BCUT2D eigenvalue weighted by Gasteiger charge is -2.16. The molecule has 0 unspecified atom stereocenters. The van der Waals surface area contributed by atoms with Crippen LogP contribution in [-0.4, -0.2) is 35.8 Å². The third-order valence-corrected chi connectivity index (χ3v) is 5.27. The number of thioether (sulfide) groups is 1. The molecule has 1 aromatic heterocycles. The number of para-hydroxylation sites is 1. The lowest BCUT2D eigenvalue weighted by Crippen LogP contribution is -2.43. The number of aromatic nitrogens is 1. The maximum atomic E-state index is 12.3. The highest BCUT2D eigenvalue weighted by molar-refractivity contribution is 7.99. The number of H-pyrrole nitrogens is 1. The van der Waals surface area contributed by atoms with Gasteiger partial charge in [0.15, 0.2) is 0 Å². The molecule has 0 spiro atoms. The normalized spacial score (nSPS) is 11.9. The maximum absolute atomic E-state index is 12.3. The molecule has 0 aliphatic carbocycles. The number of rotatable bonds is 8. The molecule has 2 aromatic carbocycles. The molecule has 0 bridgehead atoms. The van der Waals surface area contributed by atoms with Gasteiger partial charge in [-0.05, 0) is 17.2 Å². The van der Waals surface area contributed by atoms with E-state index >= 15 is 0 Å². The summed E-state index contributed by atoms with van der Waals surface area (Å²) in [5, 5.41) is 3.85. The summed E-state index contributed by atoms with van der Waals surface area (Å²) in [6.07, 6.45) is 2.25. The topological polar surface area (TPSA) is 71.2 Å². The molecule has 140 valence electrons. The predicted molar refractivity (Wildman–Crippen MR) is 109 cm³/mol. The summed E-state index contributed by atoms with van der Waals surface area (Å²) in [4.78, 5) is 27.6. The van der Waals surface area contributed by atoms with Crippen LogP contribution in [0.1, 0.15) is 11.1 Å². The van der Waals surface area contributed by atoms with Gasteiger partial charge < -0.3 is 15.0 Å². The minimum absolute atomic E-state index is 0.175. The number of fused-ring (bicyclic) bond motifs is 1. The fourth-order valence-corrected chi connectivity index (χ4v) is 3.73. The van der Waals surface area contributed by atoms with E-state index < -0.39 is 12.0 Å². The predicted octanol–water partition coefficient (Wildman–Crippen LogP) is 3.30. The first-order valence-corrected chi connectivity index (χ1v) is 9.86. The quantitative estimate of drug-likeness (QED) is 0.587. The zero-order valence-electron chi connectivity index (χ0n) is 15.1. The first-order chi connectivity index (χ1) is 13.2. The number of carbonyl (C=O) groups is 2. The van der Waals surface area contributed by atoms with Gasteiger partial charge in [-0.25, -0.2) is 4.79 Å². The Balaban J connectivity index is 1.59. The van der Waals surface area contributed by atoms with Gasteiger partial charge >= 0.3 is 5.97 Å². The van der Waals surface area contributed by atoms with Crippen LogP contribution in [0.5, 0.6) is 0 Å². The second-order valence-electron chi connectivity index (χ2n) is 6.19. The Bertz CT molecular complexity index is 908. The average Bonchev–Trinajstić information content (AvgIpc) is 3.10. The van der Waals surface area contributed by atoms with Crippen LogP contribution in [0.4, 0.5) is 0 Å². The summed E-state index contributed by atoms with van der Waals surface area (Å²) in [7, 11) is 1.33. The molecule has 3 rings (SSSR count). The summed E-state index contributed by atoms with van der Waals surface area (Å²) in [5.74, 6) is 0.420. The fraction of sp³-hybridized carbons (Fsp3) is 0.238. The van der Waals surface area contributed by atoms with Crippen molar-refractivity contribution in [2.75, 3.05) is 12.9 Å². The molecule has 1 atom stereocenters. The second-order valence-corrected chi connectivity index (χ2v) is 7.17. The van der Waals surface area contributed by atoms with Crippen LogP contribution < -0.4 is 5.32 Å². The minimum atomic E-state index is -0.709. The van der Waals surface area contributed by atoms with Crippen LogP contribution in [0.25, 0.3) is 10.9 Å². The number of hydrogen-bond donors (Lipinski definition) is 2. The number of nitrogens with one attached hydrogen (secondary N) is 2. The number of hydrogen-bond acceptors (Lipinski definition) is 4. The molecule has 1 amide bonds. The van der Waals surface area contributed by atoms with E-state index in [-0.39, 0.29) is 11.7 Å². The molecule has 3 aromatic rings. The third kappa shape index (κ3) is 5.14. The number of esters is 1. The lowest BCUT2D eigenvalue weighted by atomic mass is 10.0. The average molecular weight is 382 g/mol. The van der Waals surface area contributed by atoms with E-state index in [2.05, 4.69) is 10.3 Å². The number of methoxy groups -OCH3 is 1. The number of ether oxygens (including phenoxy) is 1. The Morgan fingerprint density at radius 2 is 1.85 bits per heavy atom. The van der Waals surface area contributed by atoms with Crippen molar-refractivity contribution in [1.82, 2.24) is 10.3 Å². The summed E-state index contributed by atoms with van der Waals surface area (Å²) >= 11 is 1.52. The van der Waals surface area contributed by atoms with Gasteiger partial charge in [0, 0.05) is 29.3 Å². The van der Waals surface area contributed by atoms with Gasteiger partial charge in [-0.1, -0.05) is 48.5 Å². The monoisotopic (exact) mass is 382 g/mol. The van der Waals surface area contributed by atoms with Crippen LogP contribution in [0.3, 0.4) is 0 Å². The zero-order chi connectivity index (χ0) is 19.1. The molecule has 6 heteroatoms. The summed E-state index contributed by atoms with van der Waals surface area (Å²) in [5.41, 5.74) is 3.14. The van der Waals surface area contributed by atoms with Gasteiger partial charge in [-0.3, -0.25) is 4.79 Å². The highest BCUT2D eigenvalue weighted by Gasteiger charge is 2.23. The van der Waals surface area contributed by atoms with Crippen molar-refractivity contribution in [2.24, 2.45) is 0 Å². The summed E-state index contributed by atoms with van der Waals surface area (Å²) < 4.78 is 4.88. The van der Waals surface area contributed by atoms with E-state index in [0.717, 1.165) is 22.2 Å². The van der Waals surface area contributed by atoms with Crippen molar-refractivity contribution in [1.29, 1.82) is 0 Å². The van der Waals surface area contributed by atoms with E-state index in [1.54, 1.807) is 0 Å². The van der Waals surface area contributed by atoms with Crippen molar-refractivity contribution >= 4 is 34.5 Å². The number of benzene rings is 2. The molecule has 0 saturated carbocycles. The number of carbonyl (C=O) groups excluding carboxylic acids is 2. The summed E-state index contributed by atoms with van der Waals surface area (Å²) in [6.45, 7) is 0. The van der Waals surface area contributed by atoms with Gasteiger partial charge in [-0.15, -0.1) is 11.8 Å². The molecule has 0 fully saturated rings. The first-order valence-electron chi connectivity index (χ1n) is 8.71. The molecule has 27 heavy (non-hydrogen) atoms. The molecular formula is C21H22N2O3S. The van der Waals surface area contributed by atoms with Crippen LogP contribution in [0.2, 0.25) is 0 Å². The lowest BCUT2D eigenvalue weighted by molar-refractivity contribution is -0.144. The Morgan fingerprint density at radius 1 is 1.11 bits per heavy atom. The van der Waals surface area contributed by atoms with Crippen LogP contribution in [-0.2, 0) is 26.5 Å². The fourth-order valence-electron chi connectivity index (χ4n) is 2.93. The van der Waals surface area contributed by atoms with E-state index in [0.29, 0.717) is 6.42 Å². The molecule has 0 aliphatic heterocycles. The number of amides is 1. The molecule has 0 saturated heterocycles. The van der Waals surface area contributed by atoms with E-state index in [4.69, 9.17) is 4.74 Å². The molecule has 0 aliphatic rings. The zero-order valence-corrected chi connectivity index (χ0v) is 15.9. The van der Waals surface area contributed by atoms with Crippen molar-refractivity contribution < 1.29 is 14.3 Å². The molecule has 0 radical (unpaired) electrons. The highest BCUT2D eigenvalue weighted by Crippen LogP contribution is 2.19. The standard InChI is InChI=1S/C21H22N2O3S/c1-26-21(25)19(11-16-12-22-18-10-6-5-9-17(16)18)23-20(24)14-27-13-15-7-3-2-4-8-15/h2-10,12,19,22H,11,13-14H2,1H3,(H,23,24)/t19-/m0/s1. The Kier molecular flexibility index (Phi) is 6.54. The molecule has 2 N–H and O–H groups in total. The Morgan fingerprint density at radius 3 is 2.63 bits per heavy atom. The minimum Gasteiger partial charge on any atom is -0.467 e. The van der Waals surface area contributed by atoms with Gasteiger partial charge in [0.1, 0.15) is 6.04 Å². The van der Waals surface area contributed by atoms with Crippen LogP contribution in [0.15, 0.2) is 60.8 Å². The maximum Gasteiger partial charge on any atom is 0.328 e. The highest BCUT2D eigenvalue weighted by atomic mass is 32.2. The van der Waals surface area contributed by atoms with E-state index in [1.807, 2.05) is 60.8 Å². The molecular weight excluding hydrogens is 360 g/mol. The molecule has 5 nitrogen and oxygen atoms in total. The third-order valence-electron chi connectivity index (χ3n) is 4.26. The van der Waals surface area contributed by atoms with Gasteiger partial charge in [0.2, 0.25) is 5.91 Å². The van der Waals surface area contributed by atoms with Crippen molar-refractivity contribution in [3.63, 3.8) is 0 Å². The smallest absolute Gasteiger partial charge is 0.328 e. The van der Waals surface area contributed by atoms with Crippen LogP contribution >= 0.6 is 11.8 Å². The second kappa shape index (κ2) is 9.28. The van der Waals surface area contributed by atoms with Crippen molar-refractivity contribution in [3.8, 4) is 0 Å². The summed E-state index contributed by atoms with van der Waals surface area (Å²) in [6, 6.07) is 17.1.